The Balaban J connectivity index is 2.08. The number of pyridine rings is 1. The zero-order valence-corrected chi connectivity index (χ0v) is 12.3. The number of halogens is 1. The van der Waals surface area contributed by atoms with Gasteiger partial charge >= 0.3 is 0 Å². The Morgan fingerprint density at radius 1 is 1.16 bits per heavy atom. The van der Waals surface area contributed by atoms with Crippen molar-refractivity contribution >= 4 is 38.4 Å². The van der Waals surface area contributed by atoms with Gasteiger partial charge in [0.1, 0.15) is 17.7 Å². The van der Waals surface area contributed by atoms with Crippen LogP contribution in [0.1, 0.15) is 5.69 Å². The second kappa shape index (κ2) is 4.70. The maximum atomic E-state index is 5.57. The second-order valence-corrected chi connectivity index (χ2v) is 5.27. The third kappa shape index (κ3) is 2.12. The van der Waals surface area contributed by atoms with Crippen LogP contribution in [-0.4, -0.2) is 12.0 Å². The number of furan rings is 1. The van der Waals surface area contributed by atoms with Crippen LogP contribution in [0.5, 0.6) is 0 Å². The summed E-state index contributed by atoms with van der Waals surface area (Å²) in [6.07, 6.45) is 1.77. The van der Waals surface area contributed by atoms with Crippen molar-refractivity contribution in [2.24, 2.45) is 0 Å². The molecular weight excluding hydrogens is 304 g/mol. The van der Waals surface area contributed by atoms with Crippen molar-refractivity contribution in [3.8, 4) is 0 Å². The molecular formula is C15H13BrN2O. The van der Waals surface area contributed by atoms with Gasteiger partial charge in [-0.25, -0.2) is 4.98 Å². The minimum Gasteiger partial charge on any atom is -0.462 e. The lowest BCUT2D eigenvalue weighted by Gasteiger charge is -2.17. The van der Waals surface area contributed by atoms with Crippen LogP contribution in [-0.2, 0) is 0 Å². The number of rotatable bonds is 2. The number of fused-ring (bicyclic) bond motifs is 1. The maximum Gasteiger partial charge on any atom is 0.136 e. The molecule has 2 aromatic heterocycles. The molecule has 0 saturated carbocycles. The average Bonchev–Trinajstić information content (AvgIpc) is 2.85. The Hall–Kier alpha value is -1.81. The van der Waals surface area contributed by atoms with Crippen molar-refractivity contribution < 1.29 is 4.42 Å². The second-order valence-electron chi connectivity index (χ2n) is 4.41. The smallest absolute Gasteiger partial charge is 0.136 e. The van der Waals surface area contributed by atoms with E-state index in [9.17, 15) is 0 Å². The van der Waals surface area contributed by atoms with Gasteiger partial charge in [-0.3, -0.25) is 0 Å². The summed E-state index contributed by atoms with van der Waals surface area (Å²) in [6, 6.07) is 12.0. The summed E-state index contributed by atoms with van der Waals surface area (Å²) >= 11 is 3.47. The molecule has 0 amide bonds. The van der Waals surface area contributed by atoms with Gasteiger partial charge in [-0.1, -0.05) is 12.1 Å². The van der Waals surface area contributed by atoms with Gasteiger partial charge in [0.05, 0.1) is 11.4 Å². The highest BCUT2D eigenvalue weighted by Crippen LogP contribution is 2.32. The molecule has 0 saturated heterocycles. The van der Waals surface area contributed by atoms with Crippen LogP contribution in [0.25, 0.3) is 11.0 Å². The molecule has 0 fully saturated rings. The van der Waals surface area contributed by atoms with E-state index in [1.165, 1.54) is 0 Å². The first-order chi connectivity index (χ1) is 9.16. The lowest BCUT2D eigenvalue weighted by molar-refractivity contribution is 0.616. The van der Waals surface area contributed by atoms with Crippen LogP contribution in [0.3, 0.4) is 0 Å². The number of para-hydroxylation sites is 1. The number of benzene rings is 1. The lowest BCUT2D eigenvalue weighted by Crippen LogP contribution is -2.11. The fourth-order valence-corrected chi connectivity index (χ4v) is 2.29. The topological polar surface area (TPSA) is 29.3 Å². The summed E-state index contributed by atoms with van der Waals surface area (Å²) in [7, 11) is 1.99. The molecule has 0 atom stereocenters. The first-order valence-electron chi connectivity index (χ1n) is 6.00. The Morgan fingerprint density at radius 3 is 2.74 bits per heavy atom. The van der Waals surface area contributed by atoms with Crippen molar-refractivity contribution in [1.82, 2.24) is 4.98 Å². The van der Waals surface area contributed by atoms with Crippen LogP contribution in [0.2, 0.25) is 0 Å². The minimum atomic E-state index is 0.887. The van der Waals surface area contributed by atoms with Gasteiger partial charge in [0.25, 0.3) is 0 Å². The van der Waals surface area contributed by atoms with Crippen LogP contribution < -0.4 is 4.90 Å². The Labute approximate surface area is 120 Å². The van der Waals surface area contributed by atoms with E-state index in [0.29, 0.717) is 0 Å². The van der Waals surface area contributed by atoms with E-state index in [1.807, 2.05) is 49.2 Å². The van der Waals surface area contributed by atoms with E-state index in [2.05, 4.69) is 27.0 Å². The number of anilines is 2. The minimum absolute atomic E-state index is 0.887. The van der Waals surface area contributed by atoms with E-state index >= 15 is 0 Å². The average molecular weight is 317 g/mol. The molecule has 0 bridgehead atoms. The van der Waals surface area contributed by atoms with E-state index < -0.39 is 0 Å². The first kappa shape index (κ1) is 12.2. The third-order valence-electron chi connectivity index (χ3n) is 3.17. The third-order valence-corrected chi connectivity index (χ3v) is 4.01. The monoisotopic (exact) mass is 316 g/mol. The molecule has 0 aliphatic heterocycles. The van der Waals surface area contributed by atoms with Crippen LogP contribution in [0.15, 0.2) is 51.6 Å². The van der Waals surface area contributed by atoms with Crippen molar-refractivity contribution in [1.29, 1.82) is 0 Å². The summed E-state index contributed by atoms with van der Waals surface area (Å²) < 4.78 is 6.58. The number of aromatic nitrogens is 1. The van der Waals surface area contributed by atoms with Crippen molar-refractivity contribution in [2.75, 3.05) is 11.9 Å². The van der Waals surface area contributed by atoms with Gasteiger partial charge in [0.15, 0.2) is 0 Å². The number of hydrogen-bond acceptors (Lipinski definition) is 3. The number of nitrogens with zero attached hydrogens (tertiary/aromatic N) is 2. The summed E-state index contributed by atoms with van der Waals surface area (Å²) in [6.45, 7) is 1.98. The Kier molecular flexibility index (Phi) is 3.03. The normalized spacial score (nSPS) is 10.9. The zero-order chi connectivity index (χ0) is 13.4. The molecule has 4 heteroatoms. The highest BCUT2D eigenvalue weighted by Gasteiger charge is 2.12. The van der Waals surface area contributed by atoms with Gasteiger partial charge in [0.2, 0.25) is 0 Å². The molecule has 3 rings (SSSR count). The SMILES string of the molecule is Cc1nc(N(C)c2coc3ccccc23)ccc1Br. The molecule has 0 N–H and O–H groups in total. The summed E-state index contributed by atoms with van der Waals surface area (Å²) in [5.74, 6) is 0.896. The Bertz CT molecular complexity index is 736. The molecule has 0 aliphatic rings. The molecule has 0 radical (unpaired) electrons. The highest BCUT2D eigenvalue weighted by molar-refractivity contribution is 9.10. The largest absolute Gasteiger partial charge is 0.462 e. The molecule has 96 valence electrons. The Morgan fingerprint density at radius 2 is 1.95 bits per heavy atom. The van der Waals surface area contributed by atoms with E-state index in [1.54, 1.807) is 6.26 Å². The molecule has 2 heterocycles. The molecule has 1 aromatic carbocycles. The van der Waals surface area contributed by atoms with Crippen molar-refractivity contribution in [3.63, 3.8) is 0 Å². The molecule has 19 heavy (non-hydrogen) atoms. The standard InChI is InChI=1S/C15H13BrN2O/c1-10-12(16)7-8-15(17-10)18(2)13-9-19-14-6-4-3-5-11(13)14/h3-9H,1-2H3. The number of aryl methyl sites for hydroxylation is 1. The quantitative estimate of drug-likeness (QED) is 0.688. The fraction of sp³-hybridized carbons (Fsp3) is 0.133. The maximum absolute atomic E-state index is 5.57. The predicted octanol–water partition coefficient (Wildman–Crippen LogP) is 4.67. The van der Waals surface area contributed by atoms with Crippen molar-refractivity contribution in [2.45, 2.75) is 6.92 Å². The van der Waals surface area contributed by atoms with Crippen LogP contribution in [0, 0.1) is 6.92 Å². The van der Waals surface area contributed by atoms with Gasteiger partial charge < -0.3 is 9.32 Å². The number of hydrogen-bond donors (Lipinski definition) is 0. The van der Waals surface area contributed by atoms with Crippen LogP contribution >= 0.6 is 15.9 Å². The fourth-order valence-electron chi connectivity index (χ4n) is 2.06. The first-order valence-corrected chi connectivity index (χ1v) is 6.79. The molecule has 3 nitrogen and oxygen atoms in total. The van der Waals surface area contributed by atoms with E-state index in [0.717, 1.165) is 32.6 Å². The van der Waals surface area contributed by atoms with Gasteiger partial charge in [-0.15, -0.1) is 0 Å². The summed E-state index contributed by atoms with van der Waals surface area (Å²) in [5.41, 5.74) is 2.88. The molecule has 0 aliphatic carbocycles. The van der Waals surface area contributed by atoms with E-state index in [-0.39, 0.29) is 0 Å². The summed E-state index contributed by atoms with van der Waals surface area (Å²) in [4.78, 5) is 6.61. The van der Waals surface area contributed by atoms with Gasteiger partial charge in [-0.2, -0.15) is 0 Å². The van der Waals surface area contributed by atoms with Crippen molar-refractivity contribution in [3.05, 3.63) is 52.8 Å². The zero-order valence-electron chi connectivity index (χ0n) is 10.7. The lowest BCUT2D eigenvalue weighted by atomic mass is 10.2. The van der Waals surface area contributed by atoms with Crippen LogP contribution in [0.4, 0.5) is 11.5 Å². The highest BCUT2D eigenvalue weighted by atomic mass is 79.9. The summed E-state index contributed by atoms with van der Waals surface area (Å²) in [5, 5.41) is 1.09. The van der Waals surface area contributed by atoms with E-state index in [4.69, 9.17) is 4.42 Å². The molecule has 0 spiro atoms. The van der Waals surface area contributed by atoms with Gasteiger partial charge in [0, 0.05) is 16.9 Å². The molecule has 0 unspecified atom stereocenters. The molecule has 3 aromatic rings. The van der Waals surface area contributed by atoms with Gasteiger partial charge in [-0.05, 0) is 47.1 Å². The predicted molar refractivity (Wildman–Crippen MR) is 81.0 cm³/mol.